The summed E-state index contributed by atoms with van der Waals surface area (Å²) >= 11 is 0. The van der Waals surface area contributed by atoms with Crippen molar-refractivity contribution < 1.29 is 4.74 Å². The van der Waals surface area contributed by atoms with Crippen LogP contribution in [0.4, 0.5) is 0 Å². The zero-order valence-electron chi connectivity index (χ0n) is 18.5. The standard InChI is InChI=1S/C20H39N7O/c1-16(2)28-12-11-27-9-7-18(8-10-27)24-20(21-3)22-14-19(25(4)5)17-13-23-26(6)15-17/h13,15-16,18-19H,7-12,14H2,1-6H3,(H2,21,22,24). The number of aliphatic imine (C=N–C) groups is 1. The summed E-state index contributed by atoms with van der Waals surface area (Å²) in [5, 5.41) is 11.4. The summed E-state index contributed by atoms with van der Waals surface area (Å²) in [7, 11) is 7.97. The van der Waals surface area contributed by atoms with E-state index < -0.39 is 0 Å². The molecule has 1 aliphatic rings. The van der Waals surface area contributed by atoms with Gasteiger partial charge < -0.3 is 25.2 Å². The van der Waals surface area contributed by atoms with Crippen molar-refractivity contribution in [3.63, 3.8) is 0 Å². The van der Waals surface area contributed by atoms with Crippen LogP contribution in [0.1, 0.15) is 38.3 Å². The second-order valence-corrected chi connectivity index (χ2v) is 8.06. The van der Waals surface area contributed by atoms with Gasteiger partial charge in [-0.15, -0.1) is 0 Å². The van der Waals surface area contributed by atoms with E-state index in [1.807, 2.05) is 25.0 Å². The van der Waals surface area contributed by atoms with E-state index in [0.29, 0.717) is 12.1 Å². The van der Waals surface area contributed by atoms with Crippen molar-refractivity contribution in [3.8, 4) is 0 Å². The van der Waals surface area contributed by atoms with Crippen molar-refractivity contribution in [1.82, 2.24) is 30.2 Å². The van der Waals surface area contributed by atoms with Crippen LogP contribution < -0.4 is 10.6 Å². The molecule has 0 spiro atoms. The van der Waals surface area contributed by atoms with E-state index in [1.54, 1.807) is 0 Å². The molecule has 1 aromatic heterocycles. The molecule has 0 bridgehead atoms. The van der Waals surface area contributed by atoms with E-state index in [0.717, 1.165) is 51.6 Å². The van der Waals surface area contributed by atoms with Crippen LogP contribution in [-0.2, 0) is 11.8 Å². The van der Waals surface area contributed by atoms with Crippen molar-refractivity contribution in [2.75, 3.05) is 53.9 Å². The number of guanidine groups is 1. The Morgan fingerprint density at radius 1 is 1.36 bits per heavy atom. The van der Waals surface area contributed by atoms with Gasteiger partial charge in [-0.1, -0.05) is 0 Å². The number of piperidine rings is 1. The molecule has 160 valence electrons. The molecule has 1 unspecified atom stereocenters. The van der Waals surface area contributed by atoms with Crippen LogP contribution in [0.3, 0.4) is 0 Å². The highest BCUT2D eigenvalue weighted by Gasteiger charge is 2.21. The molecule has 0 aliphatic carbocycles. The number of likely N-dealkylation sites (tertiary alicyclic amines) is 1. The summed E-state index contributed by atoms with van der Waals surface area (Å²) in [5.41, 5.74) is 1.20. The molecule has 1 saturated heterocycles. The minimum atomic E-state index is 0.245. The fourth-order valence-electron chi connectivity index (χ4n) is 3.51. The molecule has 28 heavy (non-hydrogen) atoms. The third-order valence-corrected chi connectivity index (χ3v) is 5.21. The predicted molar refractivity (Wildman–Crippen MR) is 115 cm³/mol. The minimum Gasteiger partial charge on any atom is -0.377 e. The molecule has 1 fully saturated rings. The fourth-order valence-corrected chi connectivity index (χ4v) is 3.51. The Hall–Kier alpha value is -1.64. The minimum absolute atomic E-state index is 0.245. The number of hydrogen-bond donors (Lipinski definition) is 2. The highest BCUT2D eigenvalue weighted by Crippen LogP contribution is 2.16. The van der Waals surface area contributed by atoms with Gasteiger partial charge in [-0.3, -0.25) is 9.67 Å². The summed E-state index contributed by atoms with van der Waals surface area (Å²) < 4.78 is 7.51. The van der Waals surface area contributed by atoms with Crippen molar-refractivity contribution in [2.45, 2.75) is 44.9 Å². The Morgan fingerprint density at radius 3 is 2.61 bits per heavy atom. The van der Waals surface area contributed by atoms with Crippen molar-refractivity contribution >= 4 is 5.96 Å². The average molecular weight is 394 g/mol. The van der Waals surface area contributed by atoms with Gasteiger partial charge in [0.15, 0.2) is 5.96 Å². The maximum absolute atomic E-state index is 5.67. The van der Waals surface area contributed by atoms with Crippen LogP contribution >= 0.6 is 0 Å². The third kappa shape index (κ3) is 7.41. The van der Waals surface area contributed by atoms with Gasteiger partial charge in [-0.25, -0.2) is 0 Å². The molecule has 2 rings (SSSR count). The maximum Gasteiger partial charge on any atom is 0.191 e. The van der Waals surface area contributed by atoms with E-state index in [4.69, 9.17) is 4.74 Å². The summed E-state index contributed by atoms with van der Waals surface area (Å²) in [6.07, 6.45) is 6.57. The first-order valence-electron chi connectivity index (χ1n) is 10.3. The van der Waals surface area contributed by atoms with E-state index in [1.165, 1.54) is 5.56 Å². The molecular formula is C20H39N7O. The molecule has 0 saturated carbocycles. The molecule has 8 heteroatoms. The van der Waals surface area contributed by atoms with Crippen LogP contribution in [-0.4, -0.2) is 91.6 Å². The highest BCUT2D eigenvalue weighted by atomic mass is 16.5. The van der Waals surface area contributed by atoms with Gasteiger partial charge in [-0.2, -0.15) is 5.10 Å². The van der Waals surface area contributed by atoms with Gasteiger partial charge in [0.1, 0.15) is 0 Å². The quantitative estimate of drug-likeness (QED) is 0.483. The monoisotopic (exact) mass is 393 g/mol. The maximum atomic E-state index is 5.67. The Labute approximate surface area is 170 Å². The smallest absolute Gasteiger partial charge is 0.191 e. The molecule has 1 atom stereocenters. The first-order chi connectivity index (χ1) is 13.4. The van der Waals surface area contributed by atoms with Crippen LogP contribution in [0, 0.1) is 0 Å². The van der Waals surface area contributed by atoms with E-state index in [-0.39, 0.29) is 6.04 Å². The zero-order valence-corrected chi connectivity index (χ0v) is 18.5. The first-order valence-corrected chi connectivity index (χ1v) is 10.3. The zero-order chi connectivity index (χ0) is 20.5. The van der Waals surface area contributed by atoms with Gasteiger partial charge >= 0.3 is 0 Å². The van der Waals surface area contributed by atoms with Gasteiger partial charge in [0.2, 0.25) is 0 Å². The van der Waals surface area contributed by atoms with E-state index in [2.05, 4.69) is 64.7 Å². The summed E-state index contributed by atoms with van der Waals surface area (Å²) in [5.74, 6) is 0.873. The number of aromatic nitrogens is 2. The Balaban J connectivity index is 1.75. The van der Waals surface area contributed by atoms with Gasteiger partial charge in [0.25, 0.3) is 0 Å². The Morgan fingerprint density at radius 2 is 2.07 bits per heavy atom. The molecule has 1 aliphatic heterocycles. The number of rotatable bonds is 9. The van der Waals surface area contributed by atoms with Crippen molar-refractivity contribution in [1.29, 1.82) is 0 Å². The molecule has 1 aromatic rings. The number of hydrogen-bond acceptors (Lipinski definition) is 5. The Bertz CT molecular complexity index is 591. The van der Waals surface area contributed by atoms with Gasteiger partial charge in [0, 0.05) is 58.1 Å². The van der Waals surface area contributed by atoms with Crippen LogP contribution in [0.15, 0.2) is 17.4 Å². The molecule has 2 heterocycles. The molecule has 0 radical (unpaired) electrons. The summed E-state index contributed by atoms with van der Waals surface area (Å²) in [6, 6.07) is 0.708. The molecule has 0 aromatic carbocycles. The lowest BCUT2D eigenvalue weighted by atomic mass is 10.1. The molecule has 8 nitrogen and oxygen atoms in total. The number of aryl methyl sites for hydroxylation is 1. The van der Waals surface area contributed by atoms with E-state index in [9.17, 15) is 0 Å². The van der Waals surface area contributed by atoms with Crippen molar-refractivity contribution in [3.05, 3.63) is 18.0 Å². The fraction of sp³-hybridized carbons (Fsp3) is 0.800. The SMILES string of the molecule is CN=C(NCC(c1cnn(C)c1)N(C)C)NC1CCN(CCOC(C)C)CC1. The molecule has 2 N–H and O–H groups in total. The Kier molecular flexibility index (Phi) is 9.21. The van der Waals surface area contributed by atoms with Crippen LogP contribution in [0.2, 0.25) is 0 Å². The topological polar surface area (TPSA) is 70.0 Å². The van der Waals surface area contributed by atoms with Crippen molar-refractivity contribution in [2.24, 2.45) is 12.0 Å². The van der Waals surface area contributed by atoms with Crippen LogP contribution in [0.25, 0.3) is 0 Å². The normalized spacial score (nSPS) is 18.1. The number of nitrogens with one attached hydrogen (secondary N) is 2. The third-order valence-electron chi connectivity index (χ3n) is 5.21. The summed E-state index contributed by atoms with van der Waals surface area (Å²) in [4.78, 5) is 9.11. The second-order valence-electron chi connectivity index (χ2n) is 8.06. The first kappa shape index (κ1) is 22.6. The number of nitrogens with zero attached hydrogens (tertiary/aromatic N) is 5. The predicted octanol–water partition coefficient (Wildman–Crippen LogP) is 1.08. The number of likely N-dealkylation sites (N-methyl/N-ethyl adjacent to an activating group) is 1. The second kappa shape index (κ2) is 11.4. The molecule has 0 amide bonds. The number of ether oxygens (including phenoxy) is 1. The van der Waals surface area contributed by atoms with E-state index >= 15 is 0 Å². The summed E-state index contributed by atoms with van der Waals surface area (Å²) in [6.45, 7) is 9.00. The lowest BCUT2D eigenvalue weighted by Crippen LogP contribution is -2.50. The van der Waals surface area contributed by atoms with Crippen LogP contribution in [0.5, 0.6) is 0 Å². The lowest BCUT2D eigenvalue weighted by molar-refractivity contribution is 0.0532. The van der Waals surface area contributed by atoms with Gasteiger partial charge in [0.05, 0.1) is 24.9 Å². The highest BCUT2D eigenvalue weighted by molar-refractivity contribution is 5.80. The lowest BCUT2D eigenvalue weighted by Gasteiger charge is -2.33. The molecular weight excluding hydrogens is 354 g/mol. The largest absolute Gasteiger partial charge is 0.377 e. The van der Waals surface area contributed by atoms with Gasteiger partial charge in [-0.05, 0) is 40.8 Å². The average Bonchev–Trinajstić information content (AvgIpc) is 3.07.